The van der Waals surface area contributed by atoms with E-state index in [0.29, 0.717) is 37.2 Å². The van der Waals surface area contributed by atoms with Gasteiger partial charge in [0.1, 0.15) is 0 Å². The minimum absolute atomic E-state index is 0.0714. The van der Waals surface area contributed by atoms with Gasteiger partial charge in [-0.1, -0.05) is 0 Å². The smallest absolute Gasteiger partial charge is 0.416 e. The van der Waals surface area contributed by atoms with Gasteiger partial charge in [-0.15, -0.1) is 0 Å². The second-order valence-corrected chi connectivity index (χ2v) is 8.03. The van der Waals surface area contributed by atoms with Crippen LogP contribution in [0.4, 0.5) is 24.7 Å². The summed E-state index contributed by atoms with van der Waals surface area (Å²) in [7, 11) is 0. The Balaban J connectivity index is 1.54. The molecule has 1 amide bonds. The number of carboxylic acids is 2. The highest BCUT2D eigenvalue weighted by Gasteiger charge is 2.31. The summed E-state index contributed by atoms with van der Waals surface area (Å²) in [6.07, 6.45) is -3.85. The largest absolute Gasteiger partial charge is 0.481 e. The number of carboxylic acid groups (broad SMARTS) is 2. The van der Waals surface area contributed by atoms with Crippen molar-refractivity contribution >= 4 is 40.4 Å². The number of alkyl halides is 3. The van der Waals surface area contributed by atoms with Gasteiger partial charge in [0.15, 0.2) is 11.5 Å². The summed E-state index contributed by atoms with van der Waals surface area (Å²) in [5.41, 5.74) is -0.916. The number of halogens is 3. The maximum atomic E-state index is 13.0. The van der Waals surface area contributed by atoms with Gasteiger partial charge in [0.25, 0.3) is 5.91 Å². The third kappa shape index (κ3) is 5.15. The van der Waals surface area contributed by atoms with Crippen LogP contribution in [0.1, 0.15) is 39.3 Å². The molecule has 4 rings (SSSR count). The average Bonchev–Trinajstić information content (AvgIpc) is 2.82. The van der Waals surface area contributed by atoms with E-state index in [1.165, 1.54) is 24.3 Å². The Morgan fingerprint density at radius 1 is 0.943 bits per heavy atom. The molecule has 0 aliphatic carbocycles. The Hall–Kier alpha value is -4.22. The van der Waals surface area contributed by atoms with Crippen molar-refractivity contribution in [2.24, 2.45) is 5.92 Å². The van der Waals surface area contributed by atoms with Gasteiger partial charge in [-0.2, -0.15) is 13.2 Å². The molecule has 1 aromatic heterocycles. The van der Waals surface area contributed by atoms with Gasteiger partial charge in [-0.05, 0) is 55.3 Å². The van der Waals surface area contributed by atoms with Crippen molar-refractivity contribution in [3.8, 4) is 0 Å². The summed E-state index contributed by atoms with van der Waals surface area (Å²) >= 11 is 0. The molecule has 2 heterocycles. The minimum atomic E-state index is -4.61. The Kier molecular flexibility index (Phi) is 6.29. The minimum Gasteiger partial charge on any atom is -0.481 e. The lowest BCUT2D eigenvalue weighted by Gasteiger charge is -2.30. The third-order valence-corrected chi connectivity index (χ3v) is 5.72. The lowest BCUT2D eigenvalue weighted by Crippen LogP contribution is -2.40. The first-order valence-electron chi connectivity index (χ1n) is 10.5. The number of carbonyl (C=O) groups is 3. The molecule has 1 aliphatic rings. The first-order valence-corrected chi connectivity index (χ1v) is 10.5. The Bertz CT molecular complexity index is 1300. The number of piperidine rings is 1. The molecule has 9 nitrogen and oxygen atoms in total. The molecule has 1 aliphatic heterocycles. The molecule has 2 aromatic carbocycles. The van der Waals surface area contributed by atoms with Crippen LogP contribution in [0.5, 0.6) is 0 Å². The van der Waals surface area contributed by atoms with E-state index >= 15 is 0 Å². The number of rotatable bonds is 5. The van der Waals surface area contributed by atoms with E-state index in [4.69, 9.17) is 5.11 Å². The van der Waals surface area contributed by atoms with Crippen LogP contribution < -0.4 is 5.32 Å². The van der Waals surface area contributed by atoms with Gasteiger partial charge in [0.2, 0.25) is 0 Å². The van der Waals surface area contributed by atoms with E-state index in [1.807, 2.05) is 0 Å². The summed E-state index contributed by atoms with van der Waals surface area (Å²) < 4.78 is 38.9. The number of nitrogens with one attached hydrogen (secondary N) is 1. The summed E-state index contributed by atoms with van der Waals surface area (Å²) in [4.78, 5) is 45.0. The zero-order valence-corrected chi connectivity index (χ0v) is 18.0. The number of aromatic carboxylic acids is 1. The second-order valence-electron chi connectivity index (χ2n) is 8.03. The molecule has 0 bridgehead atoms. The Morgan fingerprint density at radius 3 is 2.17 bits per heavy atom. The topological polar surface area (TPSA) is 133 Å². The molecule has 0 radical (unpaired) electrons. The van der Waals surface area contributed by atoms with Gasteiger partial charge >= 0.3 is 18.1 Å². The number of aromatic nitrogens is 2. The van der Waals surface area contributed by atoms with Crippen LogP contribution in [0.3, 0.4) is 0 Å². The van der Waals surface area contributed by atoms with Crippen LogP contribution in [0.2, 0.25) is 0 Å². The van der Waals surface area contributed by atoms with Crippen LogP contribution in [-0.2, 0) is 11.0 Å². The molecule has 3 aromatic rings. The van der Waals surface area contributed by atoms with Crippen molar-refractivity contribution in [3.05, 3.63) is 59.3 Å². The monoisotopic (exact) mass is 488 g/mol. The highest BCUT2D eigenvalue weighted by atomic mass is 19.4. The van der Waals surface area contributed by atoms with Gasteiger partial charge in [0, 0.05) is 24.3 Å². The number of amides is 1. The van der Waals surface area contributed by atoms with Crippen molar-refractivity contribution in [2.45, 2.75) is 19.0 Å². The molecule has 3 N–H and O–H groups in total. The van der Waals surface area contributed by atoms with Gasteiger partial charge in [0.05, 0.1) is 22.5 Å². The number of nitrogens with zero attached hydrogens (tertiary/aromatic N) is 3. The molecule has 35 heavy (non-hydrogen) atoms. The normalized spacial score (nSPS) is 14.7. The molecule has 0 atom stereocenters. The van der Waals surface area contributed by atoms with Crippen LogP contribution in [0, 0.1) is 5.92 Å². The molecular weight excluding hydrogens is 469 g/mol. The molecule has 12 heteroatoms. The Morgan fingerprint density at radius 2 is 1.60 bits per heavy atom. The van der Waals surface area contributed by atoms with E-state index < -0.39 is 35.3 Å². The standard InChI is InChI=1S/C23H19F3N4O5/c24-23(25,26)14-3-6-16-17(11-14)28-18(22(34)35)19(29-16)27-15-4-1-12(2-5-15)20(31)30-9-7-13(8-10-30)21(32)33/h1-6,11,13H,7-10H2,(H,27,29)(H,32,33)(H,34,35). The summed E-state index contributed by atoms with van der Waals surface area (Å²) in [5.74, 6) is -3.23. The van der Waals surface area contributed by atoms with E-state index in [0.717, 1.165) is 18.2 Å². The Labute approximate surface area is 196 Å². The van der Waals surface area contributed by atoms with E-state index in [2.05, 4.69) is 15.3 Å². The SMILES string of the molecule is O=C(O)c1nc2cc(C(F)(F)F)ccc2nc1Nc1ccc(C(=O)N2CCC(C(=O)O)CC2)cc1. The van der Waals surface area contributed by atoms with Crippen molar-refractivity contribution < 1.29 is 37.8 Å². The number of aliphatic carboxylic acids is 1. The zero-order chi connectivity index (χ0) is 25.3. The number of anilines is 2. The highest BCUT2D eigenvalue weighted by Crippen LogP contribution is 2.31. The van der Waals surface area contributed by atoms with Gasteiger partial charge in [-0.25, -0.2) is 14.8 Å². The fraction of sp³-hybridized carbons (Fsp3) is 0.261. The van der Waals surface area contributed by atoms with E-state index in [1.54, 1.807) is 4.90 Å². The zero-order valence-electron chi connectivity index (χ0n) is 18.0. The third-order valence-electron chi connectivity index (χ3n) is 5.72. The number of hydrogen-bond donors (Lipinski definition) is 3. The quantitative estimate of drug-likeness (QED) is 0.491. The van der Waals surface area contributed by atoms with Crippen LogP contribution in [0.15, 0.2) is 42.5 Å². The second kappa shape index (κ2) is 9.20. The van der Waals surface area contributed by atoms with E-state index in [9.17, 15) is 32.7 Å². The maximum Gasteiger partial charge on any atom is 0.416 e. The van der Waals surface area contributed by atoms with Gasteiger partial charge < -0.3 is 20.4 Å². The molecule has 182 valence electrons. The molecule has 1 fully saturated rings. The van der Waals surface area contributed by atoms with Crippen molar-refractivity contribution in [3.63, 3.8) is 0 Å². The predicted octanol–water partition coefficient (Wildman–Crippen LogP) is 4.03. The average molecular weight is 488 g/mol. The molecule has 1 saturated heterocycles. The van der Waals surface area contributed by atoms with Gasteiger partial charge in [-0.3, -0.25) is 9.59 Å². The first-order chi connectivity index (χ1) is 16.5. The molecule has 0 unspecified atom stereocenters. The maximum absolute atomic E-state index is 13.0. The molecule has 0 spiro atoms. The van der Waals surface area contributed by atoms with E-state index in [-0.39, 0.29) is 22.8 Å². The fourth-order valence-electron chi connectivity index (χ4n) is 3.81. The lowest BCUT2D eigenvalue weighted by atomic mass is 9.96. The number of carbonyl (C=O) groups excluding carboxylic acids is 1. The number of fused-ring (bicyclic) bond motifs is 1. The number of hydrogen-bond acceptors (Lipinski definition) is 6. The molecule has 0 saturated carbocycles. The van der Waals surface area contributed by atoms with Crippen LogP contribution in [-0.4, -0.2) is 56.0 Å². The lowest BCUT2D eigenvalue weighted by molar-refractivity contribution is -0.143. The number of benzene rings is 2. The first kappa shape index (κ1) is 23.9. The van der Waals surface area contributed by atoms with Crippen LogP contribution >= 0.6 is 0 Å². The predicted molar refractivity (Wildman–Crippen MR) is 117 cm³/mol. The fourth-order valence-corrected chi connectivity index (χ4v) is 3.81. The van der Waals surface area contributed by atoms with Crippen molar-refractivity contribution in [1.29, 1.82) is 0 Å². The summed E-state index contributed by atoms with van der Waals surface area (Å²) in [6, 6.07) is 8.79. The number of likely N-dealkylation sites (tertiary alicyclic amines) is 1. The summed E-state index contributed by atoms with van der Waals surface area (Å²) in [5, 5.41) is 21.4. The van der Waals surface area contributed by atoms with Crippen LogP contribution in [0.25, 0.3) is 11.0 Å². The molecular formula is C23H19F3N4O5. The highest BCUT2D eigenvalue weighted by molar-refractivity contribution is 5.96. The van der Waals surface area contributed by atoms with Crippen molar-refractivity contribution in [1.82, 2.24) is 14.9 Å². The summed E-state index contributed by atoms with van der Waals surface area (Å²) in [6.45, 7) is 0.668. The van der Waals surface area contributed by atoms with Crippen molar-refractivity contribution in [2.75, 3.05) is 18.4 Å².